The first-order chi connectivity index (χ1) is 29.9. The minimum Gasteiger partial charge on any atom is -0.310 e. The lowest BCUT2D eigenvalue weighted by atomic mass is 9.61. The summed E-state index contributed by atoms with van der Waals surface area (Å²) in [5.74, 6) is 0. The second-order valence-corrected chi connectivity index (χ2v) is 15.3. The van der Waals surface area contributed by atoms with Gasteiger partial charge >= 0.3 is 0 Å². The van der Waals surface area contributed by atoms with Gasteiger partial charge in [-0.3, -0.25) is 0 Å². The molecule has 0 bridgehead atoms. The number of fused-ring (bicyclic) bond motifs is 3. The number of hydrogen-bond acceptors (Lipinski definition) is 1. The molecule has 10 rings (SSSR count). The van der Waals surface area contributed by atoms with Crippen LogP contribution >= 0.6 is 0 Å². The minimum absolute atomic E-state index is 0.184. The number of rotatable bonds is 8. The van der Waals surface area contributed by atoms with Gasteiger partial charge in [0.15, 0.2) is 0 Å². The van der Waals surface area contributed by atoms with Crippen molar-refractivity contribution >= 4 is 105 Å². The lowest BCUT2D eigenvalue weighted by Crippen LogP contribution is -2.56. The molecule has 9 aromatic carbocycles. The van der Waals surface area contributed by atoms with E-state index in [0.717, 1.165) is 66.7 Å². The van der Waals surface area contributed by atoms with Crippen molar-refractivity contribution < 1.29 is 0 Å². The summed E-state index contributed by atoms with van der Waals surface area (Å²) in [4.78, 5) is 2.31. The molecule has 0 aliphatic heterocycles. The fraction of sp³-hybridized carbons (Fsp3) is 0. The SMILES string of the molecule is [B]c1c([B])c([B])c(-n2c3ccccc3c3c(-c4cccc(N(c5ccc(-c6ccccc6)cc5)c5ccc(-c6ccc(-c7ccccc7)cc6)cc5)c4)cccc32)c([B])c1[B]. The fourth-order valence-electron chi connectivity index (χ4n) is 8.56. The van der Waals surface area contributed by atoms with Gasteiger partial charge in [-0.25, -0.2) is 0 Å². The standard InChI is InChI=1S/C54H33B5N2/c55-49-50(56)52(58)54(53(59)51(49)57)61-46-19-8-7-17-45(46)48-44(18-10-20-47(48)61)40-15-9-16-43(33-40)60(41-29-25-38(26-30-41)35-13-5-2-6-14-35)42-31-27-39(28-32-42)37-23-21-36(22-24-37)34-11-3-1-4-12-34/h1-33H. The molecule has 10 aromatic rings. The summed E-state index contributed by atoms with van der Waals surface area (Å²) in [6.07, 6.45) is 0. The number of anilines is 3. The monoisotopic (exact) mass is 764 g/mol. The molecule has 0 aliphatic rings. The van der Waals surface area contributed by atoms with Gasteiger partial charge in [-0.2, -0.15) is 0 Å². The Morgan fingerprint density at radius 3 is 1.26 bits per heavy atom. The Bertz CT molecular complexity index is 3190. The molecule has 10 radical (unpaired) electrons. The van der Waals surface area contributed by atoms with E-state index in [0.29, 0.717) is 5.69 Å². The van der Waals surface area contributed by atoms with E-state index in [4.69, 9.17) is 39.2 Å². The summed E-state index contributed by atoms with van der Waals surface area (Å²) in [7, 11) is 32.4. The molecule has 0 aliphatic carbocycles. The maximum Gasteiger partial charge on any atom is 0.115 e. The molecular weight excluding hydrogens is 731 g/mol. The van der Waals surface area contributed by atoms with Crippen LogP contribution < -0.4 is 32.2 Å². The van der Waals surface area contributed by atoms with E-state index in [1.54, 1.807) is 0 Å². The molecule has 274 valence electrons. The molecule has 0 unspecified atom stereocenters. The van der Waals surface area contributed by atoms with E-state index in [9.17, 15) is 0 Å². The van der Waals surface area contributed by atoms with Crippen LogP contribution in [-0.4, -0.2) is 43.8 Å². The van der Waals surface area contributed by atoms with Gasteiger partial charge in [-0.05, 0) is 93.0 Å². The van der Waals surface area contributed by atoms with E-state index in [1.807, 2.05) is 28.8 Å². The van der Waals surface area contributed by atoms with E-state index in [-0.39, 0.29) is 27.3 Å². The van der Waals surface area contributed by atoms with Crippen LogP contribution in [0.25, 0.3) is 72.0 Å². The molecule has 0 saturated heterocycles. The molecule has 0 spiro atoms. The van der Waals surface area contributed by atoms with E-state index in [1.165, 1.54) is 16.7 Å². The first kappa shape index (κ1) is 38.1. The molecule has 61 heavy (non-hydrogen) atoms. The Kier molecular flexibility index (Phi) is 9.89. The number of benzene rings is 9. The van der Waals surface area contributed by atoms with Gasteiger partial charge in [0.2, 0.25) is 0 Å². The number of hydrogen-bond donors (Lipinski definition) is 0. The van der Waals surface area contributed by atoms with Crippen molar-refractivity contribution in [1.29, 1.82) is 0 Å². The van der Waals surface area contributed by atoms with Gasteiger partial charge in [-0.15, -0.1) is 16.4 Å². The van der Waals surface area contributed by atoms with Crippen LogP contribution in [0.3, 0.4) is 0 Å². The third-order valence-electron chi connectivity index (χ3n) is 11.7. The normalized spacial score (nSPS) is 11.3. The maximum atomic E-state index is 6.68. The van der Waals surface area contributed by atoms with Crippen molar-refractivity contribution in [3.8, 4) is 50.2 Å². The number of aromatic nitrogens is 1. The molecule has 1 aromatic heterocycles. The topological polar surface area (TPSA) is 8.17 Å². The smallest absolute Gasteiger partial charge is 0.115 e. The molecule has 0 fully saturated rings. The molecular formula is C54H33B5N2. The Morgan fingerprint density at radius 2 is 0.721 bits per heavy atom. The lowest BCUT2D eigenvalue weighted by Gasteiger charge is -2.26. The second kappa shape index (κ2) is 15.8. The van der Waals surface area contributed by atoms with Crippen LogP contribution in [0.4, 0.5) is 17.1 Å². The third kappa shape index (κ3) is 6.81. The molecule has 2 nitrogen and oxygen atoms in total. The van der Waals surface area contributed by atoms with Crippen LogP contribution in [0.15, 0.2) is 200 Å². The molecule has 1 heterocycles. The van der Waals surface area contributed by atoms with Crippen molar-refractivity contribution in [1.82, 2.24) is 4.57 Å². The van der Waals surface area contributed by atoms with Gasteiger partial charge in [0, 0.05) is 33.5 Å². The molecule has 0 amide bonds. The van der Waals surface area contributed by atoms with Gasteiger partial charge in [0.1, 0.15) is 39.2 Å². The lowest BCUT2D eigenvalue weighted by molar-refractivity contribution is 1.21. The van der Waals surface area contributed by atoms with Crippen molar-refractivity contribution in [3.63, 3.8) is 0 Å². The molecule has 0 atom stereocenters. The zero-order valence-corrected chi connectivity index (χ0v) is 33.3. The van der Waals surface area contributed by atoms with Crippen molar-refractivity contribution in [2.75, 3.05) is 4.90 Å². The van der Waals surface area contributed by atoms with Crippen molar-refractivity contribution in [2.24, 2.45) is 0 Å². The Hall–Kier alpha value is -7.10. The predicted octanol–water partition coefficient (Wildman–Crippen LogP) is 8.89. The van der Waals surface area contributed by atoms with Crippen LogP contribution in [0, 0.1) is 0 Å². The fourth-order valence-corrected chi connectivity index (χ4v) is 8.56. The summed E-state index contributed by atoms with van der Waals surface area (Å²) < 4.78 is 2.05. The van der Waals surface area contributed by atoms with Crippen LogP contribution in [0.5, 0.6) is 0 Å². The van der Waals surface area contributed by atoms with Crippen molar-refractivity contribution in [2.45, 2.75) is 0 Å². The molecule has 7 heteroatoms. The Morgan fingerprint density at radius 1 is 0.311 bits per heavy atom. The number of para-hydroxylation sites is 1. The third-order valence-corrected chi connectivity index (χ3v) is 11.7. The highest BCUT2D eigenvalue weighted by Crippen LogP contribution is 2.42. The van der Waals surface area contributed by atoms with Gasteiger partial charge in [0.05, 0.1) is 11.0 Å². The van der Waals surface area contributed by atoms with Gasteiger partial charge in [0.25, 0.3) is 0 Å². The highest BCUT2D eigenvalue weighted by Gasteiger charge is 2.21. The summed E-state index contributed by atoms with van der Waals surface area (Å²) in [6.45, 7) is 0. The molecule has 0 N–H and O–H groups in total. The summed E-state index contributed by atoms with van der Waals surface area (Å²) in [6, 6.07) is 70.4. The average molecular weight is 764 g/mol. The van der Waals surface area contributed by atoms with Gasteiger partial charge in [-0.1, -0.05) is 163 Å². The van der Waals surface area contributed by atoms with E-state index in [2.05, 4.69) is 181 Å². The highest BCUT2D eigenvalue weighted by molar-refractivity contribution is 6.68. The highest BCUT2D eigenvalue weighted by atomic mass is 15.1. The quantitative estimate of drug-likeness (QED) is 0.141. The summed E-state index contributed by atoms with van der Waals surface area (Å²) >= 11 is 0. The predicted molar refractivity (Wildman–Crippen MR) is 264 cm³/mol. The van der Waals surface area contributed by atoms with Crippen molar-refractivity contribution in [3.05, 3.63) is 200 Å². The zero-order chi connectivity index (χ0) is 41.6. The van der Waals surface area contributed by atoms with Crippen LogP contribution in [0.1, 0.15) is 0 Å². The Labute approximate surface area is 363 Å². The summed E-state index contributed by atoms with van der Waals surface area (Å²) in [5.41, 5.74) is 15.7. The largest absolute Gasteiger partial charge is 0.310 e. The van der Waals surface area contributed by atoms with Gasteiger partial charge < -0.3 is 9.47 Å². The second-order valence-electron chi connectivity index (χ2n) is 15.3. The average Bonchev–Trinajstić information content (AvgIpc) is 3.66. The first-order valence-electron chi connectivity index (χ1n) is 20.2. The van der Waals surface area contributed by atoms with Crippen LogP contribution in [-0.2, 0) is 0 Å². The summed E-state index contributed by atoms with van der Waals surface area (Å²) in [5, 5.41) is 2.08. The minimum atomic E-state index is 0.184. The molecule has 0 saturated carbocycles. The Balaban J connectivity index is 1.10. The van der Waals surface area contributed by atoms with Crippen LogP contribution in [0.2, 0.25) is 0 Å². The number of nitrogens with zero attached hydrogens (tertiary/aromatic N) is 2. The maximum absolute atomic E-state index is 6.68. The van der Waals surface area contributed by atoms with E-state index < -0.39 is 0 Å². The first-order valence-corrected chi connectivity index (χ1v) is 20.2. The zero-order valence-electron chi connectivity index (χ0n) is 33.3. The van der Waals surface area contributed by atoms with E-state index >= 15 is 0 Å².